The van der Waals surface area contributed by atoms with Gasteiger partial charge < -0.3 is 13.6 Å². The van der Waals surface area contributed by atoms with Gasteiger partial charge >= 0.3 is 5.91 Å². The van der Waals surface area contributed by atoms with Gasteiger partial charge in [0.25, 0.3) is 11.5 Å². The molecule has 0 aliphatic heterocycles. The van der Waals surface area contributed by atoms with Crippen LogP contribution >= 0.6 is 0 Å². The van der Waals surface area contributed by atoms with Crippen LogP contribution in [-0.4, -0.2) is 20.9 Å². The third-order valence-corrected chi connectivity index (χ3v) is 3.58. The van der Waals surface area contributed by atoms with E-state index in [1.807, 2.05) is 0 Å². The van der Waals surface area contributed by atoms with Crippen molar-refractivity contribution >= 4 is 11.8 Å². The van der Waals surface area contributed by atoms with Gasteiger partial charge in [0, 0.05) is 25.5 Å². The third-order valence-electron chi connectivity index (χ3n) is 3.58. The number of hydrogen-bond donors (Lipinski definition) is 2. The van der Waals surface area contributed by atoms with Crippen LogP contribution in [0, 0.1) is 0 Å². The first-order valence-electron chi connectivity index (χ1n) is 7.51. The molecule has 0 bridgehead atoms. The Bertz CT molecular complexity index is 967. The Morgan fingerprint density at radius 1 is 1.00 bits per heavy atom. The van der Waals surface area contributed by atoms with E-state index in [-0.39, 0.29) is 17.9 Å². The Morgan fingerprint density at radius 3 is 2.52 bits per heavy atom. The van der Waals surface area contributed by atoms with Crippen molar-refractivity contribution in [2.75, 3.05) is 0 Å². The summed E-state index contributed by atoms with van der Waals surface area (Å²) in [5, 5.41) is 0. The minimum Gasteiger partial charge on any atom is -0.454 e. The molecule has 0 radical (unpaired) electrons. The number of aromatic nitrogens is 2. The van der Waals surface area contributed by atoms with Crippen molar-refractivity contribution in [3.05, 3.63) is 82.4 Å². The third kappa shape index (κ3) is 3.69. The average molecular weight is 340 g/mol. The van der Waals surface area contributed by atoms with E-state index in [1.54, 1.807) is 54.3 Å². The molecule has 0 saturated heterocycles. The molecule has 0 saturated carbocycles. The van der Waals surface area contributed by atoms with Crippen LogP contribution in [-0.2, 0) is 13.6 Å². The highest BCUT2D eigenvalue weighted by molar-refractivity contribution is 5.97. The fraction of sp³-hybridized carbons (Fsp3) is 0.118. The zero-order chi connectivity index (χ0) is 17.8. The largest absolute Gasteiger partial charge is 0.454 e. The minimum atomic E-state index is -0.589. The number of aryl methyl sites for hydroxylation is 1. The summed E-state index contributed by atoms with van der Waals surface area (Å²) < 4.78 is 8.51. The zero-order valence-electron chi connectivity index (χ0n) is 13.4. The molecule has 8 heteroatoms. The second-order valence-electron chi connectivity index (χ2n) is 5.35. The number of carbonyl (C=O) groups is 2. The topological polar surface area (TPSA) is 98.3 Å². The molecule has 2 N–H and O–H groups in total. The molecule has 0 fully saturated rings. The van der Waals surface area contributed by atoms with E-state index >= 15 is 0 Å². The number of nitrogens with one attached hydrogen (secondary N) is 2. The SMILES string of the molecule is Cn1cccc1C(=O)NNC(=O)c1ccc(Cn2ccccc2=O)o1. The summed E-state index contributed by atoms with van der Waals surface area (Å²) in [4.78, 5) is 35.6. The molecule has 3 rings (SSSR count). The number of furan rings is 1. The minimum absolute atomic E-state index is 0.0335. The van der Waals surface area contributed by atoms with Crippen LogP contribution < -0.4 is 16.4 Å². The Labute approximate surface area is 142 Å². The van der Waals surface area contributed by atoms with Gasteiger partial charge in [-0.05, 0) is 30.3 Å². The normalized spacial score (nSPS) is 10.4. The van der Waals surface area contributed by atoms with Crippen molar-refractivity contribution in [2.45, 2.75) is 6.54 Å². The van der Waals surface area contributed by atoms with Crippen LogP contribution in [0.1, 0.15) is 26.8 Å². The molecule has 3 heterocycles. The van der Waals surface area contributed by atoms with Gasteiger partial charge in [-0.15, -0.1) is 0 Å². The number of amides is 2. The summed E-state index contributed by atoms with van der Waals surface area (Å²) >= 11 is 0. The first-order valence-corrected chi connectivity index (χ1v) is 7.51. The monoisotopic (exact) mass is 340 g/mol. The fourth-order valence-electron chi connectivity index (χ4n) is 2.28. The van der Waals surface area contributed by atoms with Crippen molar-refractivity contribution < 1.29 is 14.0 Å². The maximum absolute atomic E-state index is 12.0. The Balaban J connectivity index is 1.61. The summed E-state index contributed by atoms with van der Waals surface area (Å²) in [5.74, 6) is -0.545. The lowest BCUT2D eigenvalue weighted by Gasteiger charge is -2.06. The lowest BCUT2D eigenvalue weighted by molar-refractivity contribution is 0.0826. The van der Waals surface area contributed by atoms with Crippen molar-refractivity contribution in [1.82, 2.24) is 20.0 Å². The first-order chi connectivity index (χ1) is 12.0. The van der Waals surface area contributed by atoms with Crippen molar-refractivity contribution in [3.8, 4) is 0 Å². The molecule has 3 aromatic rings. The van der Waals surface area contributed by atoms with Gasteiger partial charge in [-0.25, -0.2) is 0 Å². The number of pyridine rings is 1. The second-order valence-corrected chi connectivity index (χ2v) is 5.35. The van der Waals surface area contributed by atoms with Gasteiger partial charge in [0.15, 0.2) is 5.76 Å². The van der Waals surface area contributed by atoms with Gasteiger partial charge in [-0.3, -0.25) is 25.2 Å². The van der Waals surface area contributed by atoms with Gasteiger partial charge in [-0.2, -0.15) is 0 Å². The molecule has 2 amide bonds. The molecule has 0 aromatic carbocycles. The van der Waals surface area contributed by atoms with E-state index in [4.69, 9.17) is 4.42 Å². The molecule has 128 valence electrons. The molecule has 8 nitrogen and oxygen atoms in total. The van der Waals surface area contributed by atoms with E-state index in [2.05, 4.69) is 10.9 Å². The highest BCUT2D eigenvalue weighted by atomic mass is 16.4. The number of hydrogen-bond acceptors (Lipinski definition) is 4. The highest BCUT2D eigenvalue weighted by Crippen LogP contribution is 2.09. The van der Waals surface area contributed by atoms with Gasteiger partial charge in [0.05, 0.1) is 6.54 Å². The fourth-order valence-corrected chi connectivity index (χ4v) is 2.28. The van der Waals surface area contributed by atoms with Gasteiger partial charge in [-0.1, -0.05) is 6.07 Å². The Morgan fingerprint density at radius 2 is 1.80 bits per heavy atom. The van der Waals surface area contributed by atoms with Crippen LogP contribution in [0.2, 0.25) is 0 Å². The predicted octanol–water partition coefficient (Wildman–Crippen LogP) is 0.903. The number of carbonyl (C=O) groups excluding carboxylic acids is 2. The summed E-state index contributed by atoms with van der Waals surface area (Å²) in [6.07, 6.45) is 3.35. The van der Waals surface area contributed by atoms with Crippen LogP contribution in [0.25, 0.3) is 0 Å². The maximum atomic E-state index is 12.0. The van der Waals surface area contributed by atoms with Crippen LogP contribution in [0.15, 0.2) is 64.1 Å². The van der Waals surface area contributed by atoms with E-state index in [0.717, 1.165) is 0 Å². The standard InChI is InChI=1S/C17H16N4O4/c1-20-9-4-5-13(20)16(23)18-19-17(24)14-8-7-12(25-14)11-21-10-3-2-6-15(21)22/h2-10H,11H2,1H3,(H,18,23)(H,19,24). The second kappa shape index (κ2) is 6.91. The quantitative estimate of drug-likeness (QED) is 0.690. The smallest absolute Gasteiger partial charge is 0.305 e. The Kier molecular flexibility index (Phi) is 4.51. The lowest BCUT2D eigenvalue weighted by Crippen LogP contribution is -2.42. The van der Waals surface area contributed by atoms with Crippen LogP contribution in [0.5, 0.6) is 0 Å². The van der Waals surface area contributed by atoms with E-state index < -0.39 is 11.8 Å². The number of rotatable bonds is 4. The number of nitrogens with zero attached hydrogens (tertiary/aromatic N) is 2. The van der Waals surface area contributed by atoms with E-state index in [1.165, 1.54) is 16.7 Å². The zero-order valence-corrected chi connectivity index (χ0v) is 13.4. The molecule has 0 unspecified atom stereocenters. The van der Waals surface area contributed by atoms with Crippen molar-refractivity contribution in [2.24, 2.45) is 7.05 Å². The van der Waals surface area contributed by atoms with Gasteiger partial charge in [0.1, 0.15) is 11.5 Å². The Hall–Kier alpha value is -3.55. The summed E-state index contributed by atoms with van der Waals surface area (Å²) in [6, 6.07) is 11.3. The molecule has 25 heavy (non-hydrogen) atoms. The molecule has 3 aromatic heterocycles. The van der Waals surface area contributed by atoms with E-state index in [0.29, 0.717) is 11.5 Å². The van der Waals surface area contributed by atoms with E-state index in [9.17, 15) is 14.4 Å². The number of hydrazine groups is 1. The van der Waals surface area contributed by atoms with Crippen molar-refractivity contribution in [1.29, 1.82) is 0 Å². The van der Waals surface area contributed by atoms with Gasteiger partial charge in [0.2, 0.25) is 0 Å². The lowest BCUT2D eigenvalue weighted by atomic mass is 10.4. The molecule has 0 atom stereocenters. The molecule has 0 spiro atoms. The summed E-state index contributed by atoms with van der Waals surface area (Å²) in [5.41, 5.74) is 4.85. The van der Waals surface area contributed by atoms with Crippen LogP contribution in [0.3, 0.4) is 0 Å². The maximum Gasteiger partial charge on any atom is 0.305 e. The molecule has 0 aliphatic carbocycles. The molecular formula is C17H16N4O4. The molecular weight excluding hydrogens is 324 g/mol. The van der Waals surface area contributed by atoms with Crippen molar-refractivity contribution in [3.63, 3.8) is 0 Å². The highest BCUT2D eigenvalue weighted by Gasteiger charge is 2.14. The molecule has 0 aliphatic rings. The average Bonchev–Trinajstić information content (AvgIpc) is 3.23. The summed E-state index contributed by atoms with van der Waals surface area (Å²) in [6.45, 7) is 0.211. The summed E-state index contributed by atoms with van der Waals surface area (Å²) in [7, 11) is 1.72. The van der Waals surface area contributed by atoms with Crippen LogP contribution in [0.4, 0.5) is 0 Å². The predicted molar refractivity (Wildman–Crippen MR) is 88.9 cm³/mol. The first kappa shape index (κ1) is 16.3.